The highest BCUT2D eigenvalue weighted by molar-refractivity contribution is 5.99. The molecule has 1 atom stereocenters. The summed E-state index contributed by atoms with van der Waals surface area (Å²) < 4.78 is 1.62. The van der Waals surface area contributed by atoms with Gasteiger partial charge in [0.1, 0.15) is 5.56 Å². The van der Waals surface area contributed by atoms with Gasteiger partial charge in [0.05, 0.1) is 11.9 Å². The largest absolute Gasteiger partial charge is 0.355 e. The molecule has 0 saturated carbocycles. The number of rotatable bonds is 4. The minimum atomic E-state index is -0.0488. The predicted molar refractivity (Wildman–Crippen MR) is 97.0 cm³/mol. The zero-order valence-electron chi connectivity index (χ0n) is 14.9. The monoisotopic (exact) mass is 351 g/mol. The molecule has 1 amide bonds. The molecule has 3 aromatic rings. The van der Waals surface area contributed by atoms with Gasteiger partial charge in [0.2, 0.25) is 0 Å². The van der Waals surface area contributed by atoms with Gasteiger partial charge in [-0.1, -0.05) is 0 Å². The van der Waals surface area contributed by atoms with Crippen molar-refractivity contribution in [2.24, 2.45) is 5.92 Å². The fourth-order valence-electron chi connectivity index (χ4n) is 3.40. The minimum Gasteiger partial charge on any atom is -0.355 e. The lowest BCUT2D eigenvalue weighted by atomic mass is 10.1. The zero-order valence-corrected chi connectivity index (χ0v) is 14.9. The normalized spacial score (nSPS) is 17.0. The van der Waals surface area contributed by atoms with Gasteiger partial charge >= 0.3 is 0 Å². The molecule has 1 aliphatic heterocycles. The van der Waals surface area contributed by atoms with Gasteiger partial charge in [-0.15, -0.1) is 5.10 Å². The summed E-state index contributed by atoms with van der Waals surface area (Å²) in [5.74, 6) is 1.26. The van der Waals surface area contributed by atoms with E-state index in [-0.39, 0.29) is 5.91 Å². The first-order chi connectivity index (χ1) is 12.6. The molecular formula is C18H21N7O. The number of aromatic nitrogens is 5. The first-order valence-corrected chi connectivity index (χ1v) is 8.71. The van der Waals surface area contributed by atoms with Crippen molar-refractivity contribution in [3.63, 3.8) is 0 Å². The van der Waals surface area contributed by atoms with E-state index in [9.17, 15) is 4.79 Å². The number of nitrogens with zero attached hydrogens (tertiary/aromatic N) is 7. The summed E-state index contributed by atoms with van der Waals surface area (Å²) in [5.41, 5.74) is 2.04. The minimum absolute atomic E-state index is 0.0488. The number of aryl methyl sites for hydroxylation is 1. The van der Waals surface area contributed by atoms with E-state index in [1.165, 1.54) is 0 Å². The second-order valence-corrected chi connectivity index (χ2v) is 6.77. The molecule has 0 aliphatic carbocycles. The maximum atomic E-state index is 12.8. The van der Waals surface area contributed by atoms with Crippen LogP contribution in [0.2, 0.25) is 0 Å². The summed E-state index contributed by atoms with van der Waals surface area (Å²) >= 11 is 0. The van der Waals surface area contributed by atoms with Crippen molar-refractivity contribution < 1.29 is 4.79 Å². The van der Waals surface area contributed by atoms with Crippen molar-refractivity contribution in [2.45, 2.75) is 13.3 Å². The Morgan fingerprint density at radius 2 is 2.23 bits per heavy atom. The second kappa shape index (κ2) is 6.70. The lowest BCUT2D eigenvalue weighted by molar-refractivity contribution is 0.0778. The molecule has 0 N–H and O–H groups in total. The molecule has 1 fully saturated rings. The molecule has 8 heteroatoms. The van der Waals surface area contributed by atoms with Crippen LogP contribution in [-0.2, 0) is 0 Å². The number of hydrogen-bond acceptors (Lipinski definition) is 6. The van der Waals surface area contributed by atoms with Gasteiger partial charge in [-0.3, -0.25) is 4.79 Å². The number of amides is 1. The summed E-state index contributed by atoms with van der Waals surface area (Å²) in [4.78, 5) is 21.1. The predicted octanol–water partition coefficient (Wildman–Crippen LogP) is 1.43. The first kappa shape index (κ1) is 16.4. The van der Waals surface area contributed by atoms with E-state index in [0.717, 1.165) is 31.0 Å². The van der Waals surface area contributed by atoms with Crippen LogP contribution in [0.1, 0.15) is 22.5 Å². The Hall–Kier alpha value is -3.03. The third kappa shape index (κ3) is 3.10. The van der Waals surface area contributed by atoms with Crippen LogP contribution in [0.5, 0.6) is 0 Å². The highest BCUT2D eigenvalue weighted by Gasteiger charge is 2.27. The molecule has 1 aliphatic rings. The van der Waals surface area contributed by atoms with Crippen molar-refractivity contribution in [2.75, 3.05) is 31.6 Å². The van der Waals surface area contributed by atoms with Crippen LogP contribution in [-0.4, -0.2) is 62.3 Å². The SMILES string of the molecule is Cc1ccc(N2CCC(CN(C)C(=O)c3cnn4cccnc34)C2)nn1. The van der Waals surface area contributed by atoms with Gasteiger partial charge in [-0.05, 0) is 37.5 Å². The number of carbonyl (C=O) groups excluding carboxylic acids is 1. The third-order valence-corrected chi connectivity index (χ3v) is 4.78. The number of hydrogen-bond donors (Lipinski definition) is 0. The molecule has 134 valence electrons. The highest BCUT2D eigenvalue weighted by atomic mass is 16.2. The molecule has 0 aromatic carbocycles. The molecule has 26 heavy (non-hydrogen) atoms. The zero-order chi connectivity index (χ0) is 18.1. The summed E-state index contributed by atoms with van der Waals surface area (Å²) in [5, 5.41) is 12.6. The van der Waals surface area contributed by atoms with Crippen LogP contribution in [0.3, 0.4) is 0 Å². The van der Waals surface area contributed by atoms with Gasteiger partial charge in [-0.25, -0.2) is 9.50 Å². The molecule has 1 saturated heterocycles. The molecule has 8 nitrogen and oxygen atoms in total. The number of carbonyl (C=O) groups is 1. The molecule has 4 rings (SSSR count). The molecular weight excluding hydrogens is 330 g/mol. The maximum Gasteiger partial charge on any atom is 0.259 e. The van der Waals surface area contributed by atoms with E-state index in [1.54, 1.807) is 34.1 Å². The van der Waals surface area contributed by atoms with E-state index in [1.807, 2.05) is 26.1 Å². The summed E-state index contributed by atoms with van der Waals surface area (Å²) in [7, 11) is 1.84. The topological polar surface area (TPSA) is 79.5 Å². The maximum absolute atomic E-state index is 12.8. The lowest BCUT2D eigenvalue weighted by Crippen LogP contribution is -2.33. The number of anilines is 1. The summed E-state index contributed by atoms with van der Waals surface area (Å²) in [6.45, 7) is 4.43. The summed E-state index contributed by atoms with van der Waals surface area (Å²) in [6.07, 6.45) is 6.08. The van der Waals surface area contributed by atoms with Crippen molar-refractivity contribution in [3.05, 3.63) is 48.0 Å². The van der Waals surface area contributed by atoms with Crippen molar-refractivity contribution in [1.82, 2.24) is 29.7 Å². The fourth-order valence-corrected chi connectivity index (χ4v) is 3.40. The average Bonchev–Trinajstić information content (AvgIpc) is 3.29. The van der Waals surface area contributed by atoms with Crippen LogP contribution in [0, 0.1) is 12.8 Å². The molecule has 1 unspecified atom stereocenters. The van der Waals surface area contributed by atoms with E-state index >= 15 is 0 Å². The van der Waals surface area contributed by atoms with Crippen LogP contribution in [0.25, 0.3) is 5.65 Å². The van der Waals surface area contributed by atoms with Gasteiger partial charge in [0.15, 0.2) is 11.5 Å². The standard InChI is InChI=1S/C18H21N7O/c1-13-4-5-16(22-21-13)24-9-6-14(12-24)11-23(2)18(26)15-10-20-25-8-3-7-19-17(15)25/h3-5,7-8,10,14H,6,9,11-12H2,1-2H3. The van der Waals surface area contributed by atoms with Crippen molar-refractivity contribution in [3.8, 4) is 0 Å². The molecule has 3 aromatic heterocycles. The Morgan fingerprint density at radius 1 is 1.35 bits per heavy atom. The number of fused-ring (bicyclic) bond motifs is 1. The van der Waals surface area contributed by atoms with Crippen molar-refractivity contribution >= 4 is 17.4 Å². The van der Waals surface area contributed by atoms with Gasteiger partial charge in [0, 0.05) is 39.1 Å². The van der Waals surface area contributed by atoms with Crippen LogP contribution in [0.4, 0.5) is 5.82 Å². The first-order valence-electron chi connectivity index (χ1n) is 8.71. The molecule has 0 spiro atoms. The Morgan fingerprint density at radius 3 is 3.04 bits per heavy atom. The van der Waals surface area contributed by atoms with Crippen molar-refractivity contribution in [1.29, 1.82) is 0 Å². The Kier molecular flexibility index (Phi) is 4.24. The fraction of sp³-hybridized carbons (Fsp3) is 0.389. The third-order valence-electron chi connectivity index (χ3n) is 4.78. The van der Waals surface area contributed by atoms with E-state index in [0.29, 0.717) is 23.7 Å². The smallest absolute Gasteiger partial charge is 0.259 e. The molecule has 4 heterocycles. The van der Waals surface area contributed by atoms with Gasteiger partial charge in [-0.2, -0.15) is 10.2 Å². The molecule has 0 bridgehead atoms. The van der Waals surface area contributed by atoms with Gasteiger partial charge < -0.3 is 9.80 Å². The summed E-state index contributed by atoms with van der Waals surface area (Å²) in [6, 6.07) is 5.77. The van der Waals surface area contributed by atoms with E-state index < -0.39 is 0 Å². The van der Waals surface area contributed by atoms with E-state index in [2.05, 4.69) is 25.2 Å². The lowest BCUT2D eigenvalue weighted by Gasteiger charge is -2.21. The van der Waals surface area contributed by atoms with Crippen LogP contribution in [0.15, 0.2) is 36.8 Å². The van der Waals surface area contributed by atoms with Crippen LogP contribution >= 0.6 is 0 Å². The Labute approximate surface area is 151 Å². The highest BCUT2D eigenvalue weighted by Crippen LogP contribution is 2.23. The van der Waals surface area contributed by atoms with Crippen LogP contribution < -0.4 is 4.90 Å². The second-order valence-electron chi connectivity index (χ2n) is 6.77. The Balaban J connectivity index is 1.41. The van der Waals surface area contributed by atoms with E-state index in [4.69, 9.17) is 0 Å². The van der Waals surface area contributed by atoms with Gasteiger partial charge in [0.25, 0.3) is 5.91 Å². The molecule has 0 radical (unpaired) electrons. The average molecular weight is 351 g/mol. The quantitative estimate of drug-likeness (QED) is 0.707. The Bertz CT molecular complexity index is 921.